The van der Waals surface area contributed by atoms with Crippen LogP contribution in [0.4, 0.5) is 0 Å². The molecule has 0 spiro atoms. The molecule has 0 bridgehead atoms. The van der Waals surface area contributed by atoms with Gasteiger partial charge in [0, 0.05) is 31.7 Å². The topological polar surface area (TPSA) is 99.5 Å². The number of hydrogen-bond acceptors (Lipinski definition) is 7. The Morgan fingerprint density at radius 3 is 2.42 bits per heavy atom. The Hall–Kier alpha value is -3.36. The van der Waals surface area contributed by atoms with Crippen molar-refractivity contribution >= 4 is 17.4 Å². The zero-order valence-corrected chi connectivity index (χ0v) is 21.1. The summed E-state index contributed by atoms with van der Waals surface area (Å²) in [6.45, 7) is 9.96. The van der Waals surface area contributed by atoms with Gasteiger partial charge in [0.05, 0.1) is 30.9 Å². The molecule has 2 heterocycles. The lowest BCUT2D eigenvalue weighted by Crippen LogP contribution is -2.38. The number of aliphatic hydroxyl groups is 1. The molecule has 2 fully saturated rings. The summed E-state index contributed by atoms with van der Waals surface area (Å²) < 4.78 is 11.2. The number of phenols is 1. The van der Waals surface area contributed by atoms with Crippen LogP contribution in [0.2, 0.25) is 0 Å². The first-order valence-corrected chi connectivity index (χ1v) is 12.4. The Labute approximate surface area is 211 Å². The molecule has 0 radical (unpaired) electrons. The van der Waals surface area contributed by atoms with Crippen LogP contribution >= 0.6 is 0 Å². The second-order valence-electron chi connectivity index (χ2n) is 9.54. The number of rotatable bonds is 8. The molecule has 4 rings (SSSR count). The van der Waals surface area contributed by atoms with E-state index >= 15 is 0 Å². The normalized spacial score (nSPS) is 20.3. The maximum atomic E-state index is 13.2. The van der Waals surface area contributed by atoms with E-state index in [1.54, 1.807) is 30.3 Å². The summed E-state index contributed by atoms with van der Waals surface area (Å²) >= 11 is 0. The fraction of sp³-hybridized carbons (Fsp3) is 0.429. The first-order chi connectivity index (χ1) is 17.3. The molecule has 2 aliphatic heterocycles. The molecule has 0 saturated carbocycles. The van der Waals surface area contributed by atoms with Gasteiger partial charge in [0.25, 0.3) is 11.7 Å². The molecule has 1 amide bonds. The van der Waals surface area contributed by atoms with Crippen LogP contribution < -0.4 is 4.74 Å². The number of amides is 1. The molecule has 2 N–H and O–H groups in total. The average molecular weight is 495 g/mol. The Morgan fingerprint density at radius 1 is 1.08 bits per heavy atom. The molecule has 0 aliphatic carbocycles. The maximum absolute atomic E-state index is 13.2. The standard InChI is InChI=1S/C28H34N2O6/c1-18(2)36-23-10-7-21(17-19(23)3)26(32)24-25(20-5-8-22(31)9-6-20)30(28(34)27(24)33)12-4-11-29-13-15-35-16-14-29/h5-10,17-18,25,31-32H,4,11-16H2,1-3H3/b26-24+. The molecular weight excluding hydrogens is 460 g/mol. The molecule has 1 atom stereocenters. The van der Waals surface area contributed by atoms with Crippen molar-refractivity contribution in [1.82, 2.24) is 9.80 Å². The first kappa shape index (κ1) is 25.7. The minimum atomic E-state index is -0.748. The third-order valence-electron chi connectivity index (χ3n) is 6.54. The van der Waals surface area contributed by atoms with Crippen molar-refractivity contribution in [2.24, 2.45) is 0 Å². The van der Waals surface area contributed by atoms with E-state index in [9.17, 15) is 19.8 Å². The molecule has 8 heteroatoms. The van der Waals surface area contributed by atoms with Gasteiger partial charge in [-0.05, 0) is 68.7 Å². The lowest BCUT2D eigenvalue weighted by atomic mass is 9.94. The fourth-order valence-corrected chi connectivity index (χ4v) is 4.74. The van der Waals surface area contributed by atoms with Crippen LogP contribution in [0.1, 0.15) is 43.0 Å². The Morgan fingerprint density at radius 2 is 1.78 bits per heavy atom. The molecule has 0 aromatic heterocycles. The third kappa shape index (κ3) is 5.55. The average Bonchev–Trinajstić information content (AvgIpc) is 3.11. The first-order valence-electron chi connectivity index (χ1n) is 12.4. The van der Waals surface area contributed by atoms with Crippen LogP contribution in [0.15, 0.2) is 48.0 Å². The second kappa shape index (κ2) is 11.1. The monoisotopic (exact) mass is 494 g/mol. The summed E-state index contributed by atoms with van der Waals surface area (Å²) in [5.74, 6) is -0.786. The number of morpholine rings is 1. The summed E-state index contributed by atoms with van der Waals surface area (Å²) in [7, 11) is 0. The lowest BCUT2D eigenvalue weighted by Gasteiger charge is -2.29. The van der Waals surface area contributed by atoms with Crippen molar-refractivity contribution in [3.8, 4) is 11.5 Å². The molecule has 2 saturated heterocycles. The van der Waals surface area contributed by atoms with E-state index in [1.807, 2.05) is 20.8 Å². The lowest BCUT2D eigenvalue weighted by molar-refractivity contribution is -0.140. The predicted molar refractivity (Wildman–Crippen MR) is 136 cm³/mol. The highest BCUT2D eigenvalue weighted by Crippen LogP contribution is 2.40. The van der Waals surface area contributed by atoms with Crippen LogP contribution in [0.5, 0.6) is 11.5 Å². The molecule has 2 aromatic rings. The minimum Gasteiger partial charge on any atom is -0.508 e. The van der Waals surface area contributed by atoms with Gasteiger partial charge in [-0.25, -0.2) is 0 Å². The smallest absolute Gasteiger partial charge is 0.295 e. The SMILES string of the molecule is Cc1cc(/C(O)=C2\C(=O)C(=O)N(CCCN3CCOCC3)C2c2ccc(O)cc2)ccc1OC(C)C. The third-order valence-corrected chi connectivity index (χ3v) is 6.54. The number of Topliss-reactive ketones (excluding diaryl/α,β-unsaturated/α-hetero) is 1. The fourth-order valence-electron chi connectivity index (χ4n) is 4.74. The van der Waals surface area contributed by atoms with Gasteiger partial charge in [0.15, 0.2) is 0 Å². The summed E-state index contributed by atoms with van der Waals surface area (Å²) in [4.78, 5) is 30.2. The number of ketones is 1. The van der Waals surface area contributed by atoms with E-state index in [2.05, 4.69) is 4.90 Å². The van der Waals surface area contributed by atoms with Crippen LogP contribution in [-0.4, -0.2) is 77.2 Å². The molecule has 192 valence electrons. The van der Waals surface area contributed by atoms with Gasteiger partial charge < -0.3 is 24.6 Å². The number of nitrogens with zero attached hydrogens (tertiary/aromatic N) is 2. The summed E-state index contributed by atoms with van der Waals surface area (Å²) in [6, 6.07) is 10.9. The van der Waals surface area contributed by atoms with E-state index in [-0.39, 0.29) is 23.2 Å². The molecule has 2 aromatic carbocycles. The van der Waals surface area contributed by atoms with Gasteiger partial charge in [-0.3, -0.25) is 14.5 Å². The van der Waals surface area contributed by atoms with Gasteiger partial charge in [0.1, 0.15) is 17.3 Å². The van der Waals surface area contributed by atoms with E-state index in [0.29, 0.717) is 43.1 Å². The van der Waals surface area contributed by atoms with Gasteiger partial charge >= 0.3 is 0 Å². The summed E-state index contributed by atoms with van der Waals surface area (Å²) in [5.41, 5.74) is 1.96. The quantitative estimate of drug-likeness (QED) is 0.328. The number of hydrogen-bond donors (Lipinski definition) is 2. The number of aryl methyl sites for hydroxylation is 1. The van der Waals surface area contributed by atoms with Crippen molar-refractivity contribution in [2.45, 2.75) is 39.3 Å². The number of phenolic OH excluding ortho intramolecular Hbond substituents is 1. The Bertz CT molecular complexity index is 1140. The van der Waals surface area contributed by atoms with Crippen LogP contribution in [0.25, 0.3) is 5.76 Å². The number of ether oxygens (including phenoxy) is 2. The van der Waals surface area contributed by atoms with Crippen LogP contribution in [-0.2, 0) is 14.3 Å². The Kier molecular flexibility index (Phi) is 7.96. The van der Waals surface area contributed by atoms with Crippen molar-refractivity contribution in [3.05, 3.63) is 64.7 Å². The summed E-state index contributed by atoms with van der Waals surface area (Å²) in [5, 5.41) is 21.1. The molecular formula is C28H34N2O6. The number of likely N-dealkylation sites (tertiary alicyclic amines) is 1. The van der Waals surface area contributed by atoms with Crippen molar-refractivity contribution in [3.63, 3.8) is 0 Å². The van der Waals surface area contributed by atoms with Crippen LogP contribution in [0, 0.1) is 6.92 Å². The van der Waals surface area contributed by atoms with Crippen molar-refractivity contribution < 1.29 is 29.3 Å². The predicted octanol–water partition coefficient (Wildman–Crippen LogP) is 3.63. The maximum Gasteiger partial charge on any atom is 0.295 e. The largest absolute Gasteiger partial charge is 0.508 e. The Balaban J connectivity index is 1.67. The van der Waals surface area contributed by atoms with E-state index < -0.39 is 17.7 Å². The molecule has 8 nitrogen and oxygen atoms in total. The number of carbonyl (C=O) groups is 2. The number of aromatic hydroxyl groups is 1. The van der Waals surface area contributed by atoms with Gasteiger partial charge in [-0.2, -0.15) is 0 Å². The molecule has 2 aliphatic rings. The highest BCUT2D eigenvalue weighted by Gasteiger charge is 2.45. The van der Waals surface area contributed by atoms with Gasteiger partial charge in [0.2, 0.25) is 0 Å². The molecule has 36 heavy (non-hydrogen) atoms. The zero-order chi connectivity index (χ0) is 25.8. The highest BCUT2D eigenvalue weighted by molar-refractivity contribution is 6.46. The van der Waals surface area contributed by atoms with Crippen molar-refractivity contribution in [1.29, 1.82) is 0 Å². The van der Waals surface area contributed by atoms with E-state index in [1.165, 1.54) is 17.0 Å². The number of aliphatic hydroxyl groups excluding tert-OH is 1. The van der Waals surface area contributed by atoms with Crippen LogP contribution in [0.3, 0.4) is 0 Å². The number of benzene rings is 2. The van der Waals surface area contributed by atoms with E-state index in [0.717, 1.165) is 25.2 Å². The number of carbonyl (C=O) groups excluding carboxylic acids is 2. The van der Waals surface area contributed by atoms with Gasteiger partial charge in [-0.1, -0.05) is 12.1 Å². The highest BCUT2D eigenvalue weighted by atomic mass is 16.5. The van der Waals surface area contributed by atoms with E-state index in [4.69, 9.17) is 9.47 Å². The second-order valence-corrected chi connectivity index (χ2v) is 9.54. The molecule has 1 unspecified atom stereocenters. The summed E-state index contributed by atoms with van der Waals surface area (Å²) in [6.07, 6.45) is 0.683. The zero-order valence-electron chi connectivity index (χ0n) is 21.1. The van der Waals surface area contributed by atoms with Crippen molar-refractivity contribution in [2.75, 3.05) is 39.4 Å². The minimum absolute atomic E-state index is 0.000399. The van der Waals surface area contributed by atoms with Gasteiger partial charge in [-0.15, -0.1) is 0 Å².